The molecule has 1 nitrogen and oxygen atoms in total. The van der Waals surface area contributed by atoms with Gasteiger partial charge in [-0.05, 0) is 0 Å². The molecule has 0 spiro atoms. The number of nitrogens with zero attached hydrogens (tertiary/aromatic N) is 1. The van der Waals surface area contributed by atoms with Crippen LogP contribution in [0.1, 0.15) is 0 Å². The van der Waals surface area contributed by atoms with E-state index in [-0.39, 0.29) is 0 Å². The molecule has 0 aliphatic carbocycles. The van der Waals surface area contributed by atoms with Gasteiger partial charge in [-0.25, -0.2) is 0 Å². The van der Waals surface area contributed by atoms with E-state index in [0.717, 1.165) is 0 Å². The Morgan fingerprint density at radius 1 is 1.75 bits per heavy atom. The topological polar surface area (TPSA) is 12.9 Å². The molecule has 0 saturated carbocycles. The van der Waals surface area contributed by atoms with Gasteiger partial charge in [-0.3, -0.25) is 0 Å². The zero-order valence-corrected chi connectivity index (χ0v) is 6.30. The molecule has 0 aliphatic rings. The van der Waals surface area contributed by atoms with Crippen molar-refractivity contribution < 1.29 is 0 Å². The summed E-state index contributed by atoms with van der Waals surface area (Å²) in [7, 11) is 0. The predicted molar refractivity (Wildman–Crippen MR) is 34.3 cm³/mol. The van der Waals surface area contributed by atoms with Crippen molar-refractivity contribution in [2.75, 3.05) is 0 Å². The minimum atomic E-state index is 0.574. The third-order valence-corrected chi connectivity index (χ3v) is 2.27. The van der Waals surface area contributed by atoms with Crippen molar-refractivity contribution in [2.24, 2.45) is 0 Å². The molecule has 1 aromatic heterocycles. The van der Waals surface area contributed by atoms with Gasteiger partial charge in [0.2, 0.25) is 0 Å². The van der Waals surface area contributed by atoms with Crippen LogP contribution < -0.4 is 4.46 Å². The third-order valence-electron chi connectivity index (χ3n) is 0.812. The van der Waals surface area contributed by atoms with E-state index < -0.39 is 0 Å². The van der Waals surface area contributed by atoms with Gasteiger partial charge in [0.1, 0.15) is 0 Å². The number of pyridine rings is 1. The Hall–Kier alpha value is -0.331. The zero-order chi connectivity index (χ0) is 5.82. The van der Waals surface area contributed by atoms with Gasteiger partial charge in [0.05, 0.1) is 0 Å². The summed E-state index contributed by atoms with van der Waals surface area (Å²) in [5.74, 6) is 2.16. The van der Waals surface area contributed by atoms with Crippen LogP contribution in [-0.2, 0) is 0 Å². The Labute approximate surface area is 55.3 Å². The molecule has 0 bridgehead atoms. The molecule has 1 aromatic rings. The zero-order valence-electron chi connectivity index (χ0n) is 4.59. The van der Waals surface area contributed by atoms with Crippen LogP contribution in [0.5, 0.6) is 0 Å². The van der Waals surface area contributed by atoms with Crippen LogP contribution in [0.2, 0.25) is 5.82 Å². The van der Waals surface area contributed by atoms with Gasteiger partial charge in [0, 0.05) is 0 Å². The summed E-state index contributed by atoms with van der Waals surface area (Å²) in [5.41, 5.74) is 0. The summed E-state index contributed by atoms with van der Waals surface area (Å²) in [5, 5.41) is 0. The maximum absolute atomic E-state index is 3.92. The first-order valence-electron chi connectivity index (χ1n) is 2.28. The van der Waals surface area contributed by atoms with E-state index in [0.29, 0.717) is 15.0 Å². The van der Waals surface area contributed by atoms with Crippen molar-refractivity contribution in [3.8, 4) is 0 Å². The molecule has 0 unspecified atom stereocenters. The van der Waals surface area contributed by atoms with Crippen molar-refractivity contribution in [1.29, 1.82) is 0 Å². The van der Waals surface area contributed by atoms with E-state index in [9.17, 15) is 0 Å². The SMILES string of the molecule is C[Se]c1c[c]cnc1. The number of hydrogen-bond donors (Lipinski definition) is 0. The molecule has 0 fully saturated rings. The quantitative estimate of drug-likeness (QED) is 0.552. The summed E-state index contributed by atoms with van der Waals surface area (Å²) in [6.07, 6.45) is 3.56. The van der Waals surface area contributed by atoms with E-state index in [4.69, 9.17) is 0 Å². The average Bonchev–Trinajstić information content (AvgIpc) is 1.90. The van der Waals surface area contributed by atoms with Gasteiger partial charge >= 0.3 is 54.8 Å². The summed E-state index contributed by atoms with van der Waals surface area (Å²) in [6, 6.07) is 4.90. The summed E-state index contributed by atoms with van der Waals surface area (Å²) >= 11 is 0.574. The molecular weight excluding hydrogens is 165 g/mol. The molecule has 0 aromatic carbocycles. The average molecular weight is 171 g/mol. The molecular formula is C6H6NSe. The van der Waals surface area contributed by atoms with Crippen LogP contribution in [-0.4, -0.2) is 19.9 Å². The van der Waals surface area contributed by atoms with E-state index in [1.165, 1.54) is 4.46 Å². The van der Waals surface area contributed by atoms with Crippen LogP contribution in [0.15, 0.2) is 18.5 Å². The van der Waals surface area contributed by atoms with Crippen LogP contribution in [0.25, 0.3) is 0 Å². The summed E-state index contributed by atoms with van der Waals surface area (Å²) < 4.78 is 1.31. The number of hydrogen-bond acceptors (Lipinski definition) is 1. The van der Waals surface area contributed by atoms with Gasteiger partial charge in [0.15, 0.2) is 0 Å². The van der Waals surface area contributed by atoms with Crippen molar-refractivity contribution in [1.82, 2.24) is 4.98 Å². The molecule has 1 heterocycles. The Morgan fingerprint density at radius 3 is 3.00 bits per heavy atom. The molecule has 0 N–H and O–H groups in total. The molecule has 1 radical (unpaired) electrons. The van der Waals surface area contributed by atoms with Crippen LogP contribution >= 0.6 is 0 Å². The Balaban J connectivity index is 2.83. The Bertz CT molecular complexity index is 150. The molecule has 8 heavy (non-hydrogen) atoms. The monoisotopic (exact) mass is 172 g/mol. The Morgan fingerprint density at radius 2 is 2.62 bits per heavy atom. The van der Waals surface area contributed by atoms with Gasteiger partial charge in [0.25, 0.3) is 0 Å². The number of rotatable bonds is 1. The summed E-state index contributed by atoms with van der Waals surface area (Å²) in [6.45, 7) is 0. The van der Waals surface area contributed by atoms with Crippen molar-refractivity contribution in [3.63, 3.8) is 0 Å². The van der Waals surface area contributed by atoms with Crippen molar-refractivity contribution >= 4 is 19.4 Å². The first kappa shape index (κ1) is 5.80. The second-order valence-corrected chi connectivity index (χ2v) is 3.17. The second kappa shape index (κ2) is 2.85. The molecule has 0 saturated heterocycles. The van der Waals surface area contributed by atoms with Gasteiger partial charge in [-0.15, -0.1) is 0 Å². The molecule has 0 amide bonds. The van der Waals surface area contributed by atoms with E-state index >= 15 is 0 Å². The predicted octanol–water partition coefficient (Wildman–Crippen LogP) is 0.259. The van der Waals surface area contributed by atoms with Gasteiger partial charge in [-0.2, -0.15) is 0 Å². The van der Waals surface area contributed by atoms with Crippen LogP contribution in [0, 0.1) is 6.07 Å². The molecule has 1 rings (SSSR count). The number of aromatic nitrogens is 1. The first-order valence-corrected chi connectivity index (χ1v) is 4.85. The van der Waals surface area contributed by atoms with Crippen LogP contribution in [0.3, 0.4) is 0 Å². The molecule has 2 heteroatoms. The van der Waals surface area contributed by atoms with E-state index in [2.05, 4.69) is 16.9 Å². The van der Waals surface area contributed by atoms with Crippen molar-refractivity contribution in [3.05, 3.63) is 24.5 Å². The van der Waals surface area contributed by atoms with Crippen molar-refractivity contribution in [2.45, 2.75) is 5.82 Å². The van der Waals surface area contributed by atoms with Gasteiger partial charge in [-0.1, -0.05) is 0 Å². The first-order chi connectivity index (χ1) is 3.93. The van der Waals surface area contributed by atoms with E-state index in [1.807, 2.05) is 12.3 Å². The fraction of sp³-hybridized carbons (Fsp3) is 0.167. The molecule has 0 atom stereocenters. The normalized spacial score (nSPS) is 9.12. The fourth-order valence-corrected chi connectivity index (χ4v) is 1.16. The van der Waals surface area contributed by atoms with Gasteiger partial charge < -0.3 is 0 Å². The minimum absolute atomic E-state index is 0.574. The summed E-state index contributed by atoms with van der Waals surface area (Å²) in [4.78, 5) is 3.92. The molecule has 41 valence electrons. The standard InChI is InChI=1S/C6H6NSe/c1-8-6-3-2-4-7-5-6/h3-5H,1H3. The van der Waals surface area contributed by atoms with E-state index in [1.54, 1.807) is 6.20 Å². The second-order valence-electron chi connectivity index (χ2n) is 1.32. The Kier molecular flexibility index (Phi) is 2.07. The molecule has 0 aliphatic heterocycles. The third kappa shape index (κ3) is 1.32. The van der Waals surface area contributed by atoms with Crippen LogP contribution in [0.4, 0.5) is 0 Å². The fourth-order valence-electron chi connectivity index (χ4n) is 0.422. The maximum atomic E-state index is 3.92.